The zero-order valence-corrected chi connectivity index (χ0v) is 12.4. The van der Waals surface area contributed by atoms with Crippen molar-refractivity contribution in [1.29, 1.82) is 0 Å². The highest BCUT2D eigenvalue weighted by Gasteiger charge is 2.18. The molecule has 1 aromatic rings. The van der Waals surface area contributed by atoms with Gasteiger partial charge >= 0.3 is 0 Å². The van der Waals surface area contributed by atoms with Gasteiger partial charge in [-0.3, -0.25) is 20.0 Å². The number of piperazine rings is 1. The third-order valence-electron chi connectivity index (χ3n) is 3.31. The summed E-state index contributed by atoms with van der Waals surface area (Å²) in [6.07, 6.45) is 0. The Kier molecular flexibility index (Phi) is 5.33. The second-order valence-corrected chi connectivity index (χ2v) is 5.66. The SMILES string of the molecule is NNC(=O)CN1CCN(Cc2ccc(Br)cc2)CC1. The quantitative estimate of drug-likeness (QED) is 0.482. The molecule has 1 amide bonds. The number of hydrazine groups is 1. The minimum Gasteiger partial charge on any atom is -0.297 e. The Hall–Kier alpha value is -0.950. The normalized spacial score (nSPS) is 17.4. The van der Waals surface area contributed by atoms with E-state index in [-0.39, 0.29) is 5.91 Å². The lowest BCUT2D eigenvalue weighted by Gasteiger charge is -2.34. The fourth-order valence-corrected chi connectivity index (χ4v) is 2.47. The fraction of sp³-hybridized carbons (Fsp3) is 0.462. The van der Waals surface area contributed by atoms with Crippen LogP contribution >= 0.6 is 15.9 Å². The topological polar surface area (TPSA) is 61.6 Å². The molecule has 2 rings (SSSR count). The number of nitrogens with one attached hydrogen (secondary N) is 1. The van der Waals surface area contributed by atoms with E-state index < -0.39 is 0 Å². The van der Waals surface area contributed by atoms with Crippen LogP contribution in [0.2, 0.25) is 0 Å². The average molecular weight is 327 g/mol. The highest BCUT2D eigenvalue weighted by molar-refractivity contribution is 9.10. The van der Waals surface area contributed by atoms with Crippen LogP contribution < -0.4 is 11.3 Å². The van der Waals surface area contributed by atoms with E-state index in [9.17, 15) is 4.79 Å². The number of halogens is 1. The maximum absolute atomic E-state index is 11.2. The maximum Gasteiger partial charge on any atom is 0.248 e. The van der Waals surface area contributed by atoms with E-state index >= 15 is 0 Å². The summed E-state index contributed by atoms with van der Waals surface area (Å²) in [6.45, 7) is 5.13. The Bertz CT molecular complexity index is 415. The van der Waals surface area contributed by atoms with Crippen molar-refractivity contribution in [1.82, 2.24) is 15.2 Å². The van der Waals surface area contributed by atoms with Crippen LogP contribution in [0.1, 0.15) is 5.56 Å². The summed E-state index contributed by atoms with van der Waals surface area (Å²) in [6, 6.07) is 8.41. The summed E-state index contributed by atoms with van der Waals surface area (Å²) in [5.74, 6) is 4.97. The number of hydrogen-bond donors (Lipinski definition) is 2. The van der Waals surface area contributed by atoms with Gasteiger partial charge in [-0.05, 0) is 17.7 Å². The van der Waals surface area contributed by atoms with Crippen molar-refractivity contribution in [3.8, 4) is 0 Å². The van der Waals surface area contributed by atoms with Crippen molar-refractivity contribution in [2.45, 2.75) is 6.54 Å². The molecule has 5 nitrogen and oxygen atoms in total. The van der Waals surface area contributed by atoms with E-state index in [1.807, 2.05) is 0 Å². The molecule has 1 aliphatic heterocycles. The monoisotopic (exact) mass is 326 g/mol. The van der Waals surface area contributed by atoms with Gasteiger partial charge in [0.2, 0.25) is 5.91 Å². The third-order valence-corrected chi connectivity index (χ3v) is 3.84. The molecule has 0 unspecified atom stereocenters. The van der Waals surface area contributed by atoms with Crippen molar-refractivity contribution in [2.24, 2.45) is 5.84 Å². The predicted molar refractivity (Wildman–Crippen MR) is 78.2 cm³/mol. The molecule has 1 aliphatic rings. The molecule has 0 aliphatic carbocycles. The number of nitrogens with zero attached hydrogens (tertiary/aromatic N) is 2. The van der Waals surface area contributed by atoms with Crippen molar-refractivity contribution >= 4 is 21.8 Å². The van der Waals surface area contributed by atoms with Crippen LogP contribution in [0.15, 0.2) is 28.7 Å². The number of carbonyl (C=O) groups excluding carboxylic acids is 1. The number of rotatable bonds is 4. The molecule has 6 heteroatoms. The first kappa shape index (κ1) is 14.5. The zero-order valence-electron chi connectivity index (χ0n) is 10.8. The van der Waals surface area contributed by atoms with Crippen LogP contribution in [-0.4, -0.2) is 48.4 Å². The highest BCUT2D eigenvalue weighted by atomic mass is 79.9. The summed E-state index contributed by atoms with van der Waals surface area (Å²) in [5.41, 5.74) is 3.49. The summed E-state index contributed by atoms with van der Waals surface area (Å²) in [5, 5.41) is 0. The molecule has 0 saturated carbocycles. The summed E-state index contributed by atoms with van der Waals surface area (Å²) in [4.78, 5) is 15.7. The molecular formula is C13H19BrN4O. The Morgan fingerprint density at radius 2 is 1.74 bits per heavy atom. The van der Waals surface area contributed by atoms with Crippen LogP contribution in [0.3, 0.4) is 0 Å². The lowest BCUT2D eigenvalue weighted by atomic mass is 10.2. The summed E-state index contributed by atoms with van der Waals surface area (Å²) >= 11 is 3.44. The van der Waals surface area contributed by atoms with Crippen LogP contribution in [-0.2, 0) is 11.3 Å². The molecule has 1 fully saturated rings. The lowest BCUT2D eigenvalue weighted by Crippen LogP contribution is -2.49. The van der Waals surface area contributed by atoms with Crippen LogP contribution in [0.4, 0.5) is 0 Å². The molecular weight excluding hydrogens is 308 g/mol. The molecule has 0 bridgehead atoms. The molecule has 0 aromatic heterocycles. The van der Waals surface area contributed by atoms with Gasteiger partial charge in [0.25, 0.3) is 0 Å². The predicted octanol–water partition coefficient (Wildman–Crippen LogP) is 0.557. The van der Waals surface area contributed by atoms with Gasteiger partial charge in [0.05, 0.1) is 6.54 Å². The molecule has 3 N–H and O–H groups in total. The molecule has 0 radical (unpaired) electrons. The van der Waals surface area contributed by atoms with E-state index in [0.717, 1.165) is 37.2 Å². The van der Waals surface area contributed by atoms with Gasteiger partial charge in [-0.2, -0.15) is 0 Å². The van der Waals surface area contributed by atoms with E-state index in [1.54, 1.807) is 0 Å². The first-order valence-corrected chi connectivity index (χ1v) is 7.15. The molecule has 19 heavy (non-hydrogen) atoms. The minimum absolute atomic E-state index is 0.124. The van der Waals surface area contributed by atoms with Gasteiger partial charge in [0.1, 0.15) is 0 Å². The zero-order chi connectivity index (χ0) is 13.7. The van der Waals surface area contributed by atoms with Crippen molar-refractivity contribution in [2.75, 3.05) is 32.7 Å². The molecule has 0 spiro atoms. The second-order valence-electron chi connectivity index (χ2n) is 4.75. The standard InChI is InChI=1S/C13H19BrN4O/c14-12-3-1-11(2-4-12)9-17-5-7-18(8-6-17)10-13(19)16-15/h1-4H,5-10,15H2,(H,16,19). The van der Waals surface area contributed by atoms with Gasteiger partial charge in [0, 0.05) is 37.2 Å². The van der Waals surface area contributed by atoms with Gasteiger partial charge in [0.15, 0.2) is 0 Å². The average Bonchev–Trinajstić information content (AvgIpc) is 2.43. The number of benzene rings is 1. The highest BCUT2D eigenvalue weighted by Crippen LogP contribution is 2.13. The minimum atomic E-state index is -0.124. The Morgan fingerprint density at radius 1 is 1.16 bits per heavy atom. The Morgan fingerprint density at radius 3 is 2.32 bits per heavy atom. The first-order valence-electron chi connectivity index (χ1n) is 6.36. The third kappa shape index (κ3) is 4.58. The van der Waals surface area contributed by atoms with Gasteiger partial charge < -0.3 is 0 Å². The smallest absolute Gasteiger partial charge is 0.248 e. The van der Waals surface area contributed by atoms with E-state index in [1.165, 1.54) is 5.56 Å². The number of carbonyl (C=O) groups is 1. The fourth-order valence-electron chi connectivity index (χ4n) is 2.20. The van der Waals surface area contributed by atoms with Gasteiger partial charge in [-0.1, -0.05) is 28.1 Å². The van der Waals surface area contributed by atoms with Gasteiger partial charge in [-0.15, -0.1) is 0 Å². The van der Waals surface area contributed by atoms with Crippen molar-refractivity contribution in [3.63, 3.8) is 0 Å². The Labute approximate surface area is 121 Å². The van der Waals surface area contributed by atoms with Gasteiger partial charge in [-0.25, -0.2) is 5.84 Å². The van der Waals surface area contributed by atoms with Crippen LogP contribution in [0.5, 0.6) is 0 Å². The second kappa shape index (κ2) is 7.00. The lowest BCUT2D eigenvalue weighted by molar-refractivity contribution is -0.122. The molecule has 1 heterocycles. The van der Waals surface area contributed by atoms with Crippen molar-refractivity contribution < 1.29 is 4.79 Å². The molecule has 0 atom stereocenters. The molecule has 104 valence electrons. The maximum atomic E-state index is 11.2. The number of hydrogen-bond acceptors (Lipinski definition) is 4. The summed E-state index contributed by atoms with van der Waals surface area (Å²) in [7, 11) is 0. The summed E-state index contributed by atoms with van der Waals surface area (Å²) < 4.78 is 1.11. The van der Waals surface area contributed by atoms with E-state index in [4.69, 9.17) is 5.84 Å². The van der Waals surface area contributed by atoms with E-state index in [2.05, 4.69) is 55.4 Å². The van der Waals surface area contributed by atoms with Crippen molar-refractivity contribution in [3.05, 3.63) is 34.3 Å². The van der Waals surface area contributed by atoms with Crippen LogP contribution in [0.25, 0.3) is 0 Å². The van der Waals surface area contributed by atoms with E-state index in [0.29, 0.717) is 6.54 Å². The molecule has 1 saturated heterocycles. The Balaban J connectivity index is 1.77. The largest absolute Gasteiger partial charge is 0.297 e. The van der Waals surface area contributed by atoms with Crippen LogP contribution in [0, 0.1) is 0 Å². The number of amides is 1. The number of nitrogens with two attached hydrogens (primary N) is 1. The first-order chi connectivity index (χ1) is 9.17. The molecule has 1 aromatic carbocycles.